The molecule has 0 fully saturated rings. The Labute approximate surface area is 288 Å². The van der Waals surface area contributed by atoms with Gasteiger partial charge in [0.1, 0.15) is 21.0 Å². The molecule has 246 valence electrons. The van der Waals surface area contributed by atoms with E-state index in [1.54, 1.807) is 53.7 Å². The van der Waals surface area contributed by atoms with Crippen LogP contribution in [0.5, 0.6) is 11.5 Å². The maximum absolute atomic E-state index is 12.9. The molecule has 0 radical (unpaired) electrons. The summed E-state index contributed by atoms with van der Waals surface area (Å²) in [5.74, 6) is -0.797. The Kier molecular flexibility index (Phi) is 11.1. The summed E-state index contributed by atoms with van der Waals surface area (Å²) in [6, 6.07) is 27.1. The van der Waals surface area contributed by atoms with Crippen LogP contribution in [0.2, 0.25) is 0 Å². The molecule has 1 heterocycles. The summed E-state index contributed by atoms with van der Waals surface area (Å²) < 4.78 is 37.6. The largest absolute Gasteiger partial charge is 0.427 e. The van der Waals surface area contributed by atoms with Gasteiger partial charge in [-0.25, -0.2) is 8.42 Å². The van der Waals surface area contributed by atoms with Crippen molar-refractivity contribution in [3.63, 3.8) is 0 Å². The molecule has 5 rings (SSSR count). The highest BCUT2D eigenvalue weighted by Crippen LogP contribution is 2.31. The second kappa shape index (κ2) is 15.4. The summed E-state index contributed by atoms with van der Waals surface area (Å²) in [4.78, 5) is 26.4. The smallest absolute Gasteiger partial charge is 0.318 e. The van der Waals surface area contributed by atoms with E-state index in [0.29, 0.717) is 11.5 Å². The van der Waals surface area contributed by atoms with Crippen molar-refractivity contribution in [1.29, 1.82) is 0 Å². The quantitative estimate of drug-likeness (QED) is 0.0201. The first-order valence-corrected chi connectivity index (χ1v) is 18.5. The van der Waals surface area contributed by atoms with Crippen LogP contribution >= 0.6 is 32.9 Å². The molecule has 0 aliphatic carbocycles. The predicted molar refractivity (Wildman–Crippen MR) is 188 cm³/mol. The van der Waals surface area contributed by atoms with Crippen molar-refractivity contribution in [3.8, 4) is 21.9 Å². The molecule has 0 saturated heterocycles. The van der Waals surface area contributed by atoms with Crippen molar-refractivity contribution in [2.45, 2.75) is 37.0 Å². The van der Waals surface area contributed by atoms with Crippen LogP contribution in [0.4, 0.5) is 0 Å². The van der Waals surface area contributed by atoms with Gasteiger partial charge >= 0.3 is 11.9 Å². The van der Waals surface area contributed by atoms with Gasteiger partial charge in [-0.3, -0.25) is 9.59 Å². The lowest BCUT2D eigenvalue weighted by molar-refractivity contribution is -0.136. The molecule has 0 spiro atoms. The number of benzene rings is 4. The molecule has 48 heavy (non-hydrogen) atoms. The molecule has 0 bridgehead atoms. The zero-order valence-electron chi connectivity index (χ0n) is 25.3. The zero-order chi connectivity index (χ0) is 34.3. The summed E-state index contributed by atoms with van der Waals surface area (Å²) in [5, 5.41) is 25.5. The highest BCUT2D eigenvalue weighted by atomic mass is 32.9. The monoisotopic (exact) mass is 720 g/mol. The molecule has 2 N–H and O–H groups in total. The van der Waals surface area contributed by atoms with Crippen LogP contribution in [0, 0.1) is 3.82 Å². The molecule has 4 aromatic carbocycles. The average molecular weight is 721 g/mol. The van der Waals surface area contributed by atoms with Crippen molar-refractivity contribution >= 4 is 76.2 Å². The van der Waals surface area contributed by atoms with Gasteiger partial charge in [-0.05, 0) is 96.3 Å². The number of carbonyl (C=O) groups excluding carboxylic acids is 2. The Morgan fingerprint density at radius 1 is 0.812 bits per heavy atom. The summed E-state index contributed by atoms with van der Waals surface area (Å²) in [5.41, 5.74) is 1.37. The third kappa shape index (κ3) is 8.20. The molecule has 10 nitrogen and oxygen atoms in total. The van der Waals surface area contributed by atoms with Gasteiger partial charge in [0.2, 0.25) is 14.9 Å². The average Bonchev–Trinajstić information content (AvgIpc) is 3.53. The van der Waals surface area contributed by atoms with Gasteiger partial charge in [0.25, 0.3) is 0 Å². The van der Waals surface area contributed by atoms with Crippen LogP contribution in [0.1, 0.15) is 37.7 Å². The van der Waals surface area contributed by atoms with Crippen molar-refractivity contribution in [3.05, 3.63) is 106 Å². The van der Waals surface area contributed by atoms with Crippen LogP contribution < -0.4 is 9.47 Å². The Hall–Kier alpha value is -4.76. The number of sulfone groups is 1. The molecule has 1 aromatic heterocycles. The topological polar surface area (TPSA) is 152 Å². The predicted octanol–water partition coefficient (Wildman–Crippen LogP) is 8.24. The zero-order valence-corrected chi connectivity index (χ0v) is 28.6. The van der Waals surface area contributed by atoms with Crippen molar-refractivity contribution in [2.75, 3.05) is 0 Å². The third-order valence-corrected chi connectivity index (χ3v) is 11.9. The number of rotatable bonds is 11. The van der Waals surface area contributed by atoms with Gasteiger partial charge in [0.05, 0.1) is 10.8 Å². The first kappa shape index (κ1) is 34.6. The summed E-state index contributed by atoms with van der Waals surface area (Å²) in [6.45, 7) is 1.77. The highest BCUT2D eigenvalue weighted by Gasteiger charge is 2.28. The van der Waals surface area contributed by atoms with E-state index >= 15 is 0 Å². The Morgan fingerprint density at radius 2 is 1.50 bits per heavy atom. The van der Waals surface area contributed by atoms with E-state index in [1.807, 2.05) is 36.4 Å². The number of hydrogen-bond donors (Lipinski definition) is 2. The fourth-order valence-corrected chi connectivity index (χ4v) is 8.44. The molecule has 0 saturated carbocycles. The Bertz CT molecular complexity index is 2170. The first-order valence-electron chi connectivity index (χ1n) is 14.5. The second-order valence-electron chi connectivity index (χ2n) is 10.5. The first-order chi connectivity index (χ1) is 23.1. The molecule has 0 unspecified atom stereocenters. The molecular weight excluding hydrogens is 693 g/mol. The molecule has 14 heteroatoms. The maximum Gasteiger partial charge on any atom is 0.318 e. The highest BCUT2D eigenvalue weighted by molar-refractivity contribution is 8.08. The number of carbonyl (C=O) groups is 2. The number of esters is 2. The van der Waals surface area contributed by atoms with Crippen LogP contribution in [0.25, 0.3) is 21.2 Å². The number of nitrogens with zero attached hydrogens (tertiary/aromatic N) is 2. The van der Waals surface area contributed by atoms with Crippen molar-refractivity contribution < 1.29 is 37.9 Å². The Balaban J connectivity index is 1.16. The minimum absolute atomic E-state index is 0.0571. The van der Waals surface area contributed by atoms with Crippen LogP contribution in [0.3, 0.4) is 0 Å². The van der Waals surface area contributed by atoms with Crippen LogP contribution in [-0.2, 0) is 19.4 Å². The number of hydrogen-bond acceptors (Lipinski definition) is 13. The van der Waals surface area contributed by atoms with E-state index in [2.05, 4.69) is 10.3 Å². The summed E-state index contributed by atoms with van der Waals surface area (Å²) in [7, 11) is -1.12. The molecule has 1 atom stereocenters. The van der Waals surface area contributed by atoms with Gasteiger partial charge in [0.15, 0.2) is 0 Å². The molecule has 0 aliphatic rings. The van der Waals surface area contributed by atoms with E-state index in [4.69, 9.17) is 21.7 Å². The second-order valence-corrected chi connectivity index (χ2v) is 15.3. The number of fused-ring (bicyclic) bond motifs is 1. The number of oxime groups is 2. The standard InChI is InChI=1S/C34H28N2O8S4/c1-21(34(38)44-26-15-12-22(13-16-26)30-20-32(45)47-46-30)23-10-11-25-19-27(17-14-24(25)18-23)43-31(37)9-5-8-29(35-39)33(36-40)48(41,42)28-6-3-2-4-7-28/h2-4,6-7,10-21,39-40H,5,8-9H2,1H3/b35-29-,36-33-/t21-/m0/s1. The maximum atomic E-state index is 12.9. The molecule has 0 amide bonds. The summed E-state index contributed by atoms with van der Waals surface area (Å²) >= 11 is 5.20. The lowest BCUT2D eigenvalue weighted by Crippen LogP contribution is -2.25. The van der Waals surface area contributed by atoms with E-state index < -0.39 is 38.4 Å². The SMILES string of the molecule is C[C@H](C(=O)Oc1ccc(-c2cc(=S)ss2)cc1)c1ccc2cc(OC(=O)CCCC(=N/O)/C(=N/O)S(=O)(=O)c3ccccc3)ccc2c1. The number of ether oxygens (including phenoxy) is 2. The third-order valence-electron chi connectivity index (χ3n) is 7.30. The van der Waals surface area contributed by atoms with E-state index in [0.717, 1.165) is 30.6 Å². The Morgan fingerprint density at radius 3 is 2.17 bits per heavy atom. The van der Waals surface area contributed by atoms with E-state index in [-0.39, 0.29) is 24.2 Å². The minimum Gasteiger partial charge on any atom is -0.427 e. The lowest BCUT2D eigenvalue weighted by atomic mass is 9.98. The fraction of sp³-hybridized carbons (Fsp3) is 0.147. The molecule has 0 aliphatic heterocycles. The molecular formula is C34H28N2O8S4. The lowest BCUT2D eigenvalue weighted by Gasteiger charge is -2.13. The van der Waals surface area contributed by atoms with Gasteiger partial charge in [0, 0.05) is 11.3 Å². The van der Waals surface area contributed by atoms with Crippen molar-refractivity contribution in [2.24, 2.45) is 10.3 Å². The minimum atomic E-state index is -4.25. The van der Waals surface area contributed by atoms with Gasteiger partial charge in [-0.15, -0.1) is 0 Å². The van der Waals surface area contributed by atoms with Gasteiger partial charge in [-0.1, -0.05) is 85.7 Å². The summed E-state index contributed by atoms with van der Waals surface area (Å²) in [6.07, 6.45) is -0.247. The van der Waals surface area contributed by atoms with E-state index in [9.17, 15) is 28.4 Å². The van der Waals surface area contributed by atoms with Crippen molar-refractivity contribution in [1.82, 2.24) is 0 Å². The van der Waals surface area contributed by atoms with Crippen LogP contribution in [0.15, 0.2) is 112 Å². The normalized spacial score (nSPS) is 12.9. The van der Waals surface area contributed by atoms with E-state index in [1.165, 1.54) is 34.6 Å². The fourth-order valence-electron chi connectivity index (χ4n) is 4.74. The van der Waals surface area contributed by atoms with Gasteiger partial charge < -0.3 is 19.9 Å². The van der Waals surface area contributed by atoms with Gasteiger partial charge in [-0.2, -0.15) is 0 Å². The van der Waals surface area contributed by atoms with Crippen LogP contribution in [-0.4, -0.2) is 41.5 Å². The molecule has 5 aromatic rings.